The number of nitrogens with two attached hydrogens (primary N) is 1. The molecule has 1 aromatic carbocycles. The van der Waals surface area contributed by atoms with Gasteiger partial charge in [0.1, 0.15) is 12.4 Å². The van der Waals surface area contributed by atoms with Gasteiger partial charge in [-0.2, -0.15) is 0 Å². The van der Waals surface area contributed by atoms with Crippen molar-refractivity contribution in [3.05, 3.63) is 29.3 Å². The van der Waals surface area contributed by atoms with Gasteiger partial charge in [0.25, 0.3) is 0 Å². The molecule has 0 fully saturated rings. The molecule has 16 heavy (non-hydrogen) atoms. The maximum Gasteiger partial charge on any atom is 0.119 e. The van der Waals surface area contributed by atoms with Gasteiger partial charge in [-0.3, -0.25) is 0 Å². The highest BCUT2D eigenvalue weighted by Gasteiger charge is 2.16. The highest BCUT2D eigenvalue weighted by molar-refractivity contribution is 5.39. The van der Waals surface area contributed by atoms with Crippen molar-refractivity contribution >= 4 is 0 Å². The minimum atomic E-state index is 0.176. The predicted octanol–water partition coefficient (Wildman–Crippen LogP) is 2.05. The maximum atomic E-state index is 6.09. The second-order valence-electron chi connectivity index (χ2n) is 4.20. The third kappa shape index (κ3) is 2.54. The standard InChI is InChI=1S/C13H19NO2/c1-15-7-8-16-11-6-5-10-3-2-4-13(14)12(10)9-11/h5-6,9,13H,2-4,7-8,14H2,1H3. The number of benzene rings is 1. The molecule has 1 unspecified atom stereocenters. The van der Waals surface area contributed by atoms with Gasteiger partial charge in [0.05, 0.1) is 6.61 Å². The molecule has 0 radical (unpaired) electrons. The lowest BCUT2D eigenvalue weighted by molar-refractivity contribution is 0.146. The summed E-state index contributed by atoms with van der Waals surface area (Å²) in [5, 5.41) is 0. The molecule has 88 valence electrons. The number of rotatable bonds is 4. The second kappa shape index (κ2) is 5.32. The molecule has 0 amide bonds. The van der Waals surface area contributed by atoms with E-state index < -0.39 is 0 Å². The first-order valence-electron chi connectivity index (χ1n) is 5.81. The van der Waals surface area contributed by atoms with Crippen LogP contribution in [0.15, 0.2) is 18.2 Å². The number of ether oxygens (including phenoxy) is 2. The van der Waals surface area contributed by atoms with Gasteiger partial charge in [0, 0.05) is 13.2 Å². The first-order valence-corrected chi connectivity index (χ1v) is 5.81. The molecule has 0 aliphatic heterocycles. The molecule has 1 aliphatic rings. The van der Waals surface area contributed by atoms with Gasteiger partial charge >= 0.3 is 0 Å². The molecule has 0 saturated carbocycles. The smallest absolute Gasteiger partial charge is 0.119 e. The van der Waals surface area contributed by atoms with Crippen LogP contribution in [0.4, 0.5) is 0 Å². The Bertz CT molecular complexity index is 352. The fourth-order valence-corrected chi connectivity index (χ4v) is 2.15. The van der Waals surface area contributed by atoms with Crippen LogP contribution in [0, 0.1) is 0 Å². The normalized spacial score (nSPS) is 19.2. The van der Waals surface area contributed by atoms with Crippen molar-refractivity contribution in [2.75, 3.05) is 20.3 Å². The monoisotopic (exact) mass is 221 g/mol. The maximum absolute atomic E-state index is 6.09. The van der Waals surface area contributed by atoms with Crippen molar-refractivity contribution < 1.29 is 9.47 Å². The third-order valence-corrected chi connectivity index (χ3v) is 3.03. The first kappa shape index (κ1) is 11.4. The van der Waals surface area contributed by atoms with Crippen LogP contribution in [0.2, 0.25) is 0 Å². The number of aryl methyl sites for hydroxylation is 1. The van der Waals surface area contributed by atoms with Crippen LogP contribution in [-0.4, -0.2) is 20.3 Å². The molecule has 3 heteroatoms. The topological polar surface area (TPSA) is 44.5 Å². The van der Waals surface area contributed by atoms with E-state index in [1.807, 2.05) is 6.07 Å². The Hall–Kier alpha value is -1.06. The van der Waals surface area contributed by atoms with Gasteiger partial charge in [-0.25, -0.2) is 0 Å². The fraction of sp³-hybridized carbons (Fsp3) is 0.538. The van der Waals surface area contributed by atoms with Crippen LogP contribution in [0.3, 0.4) is 0 Å². The molecule has 2 N–H and O–H groups in total. The van der Waals surface area contributed by atoms with Gasteiger partial charge in [0.2, 0.25) is 0 Å². The van der Waals surface area contributed by atoms with E-state index in [9.17, 15) is 0 Å². The van der Waals surface area contributed by atoms with E-state index in [4.69, 9.17) is 15.2 Å². The van der Waals surface area contributed by atoms with Crippen molar-refractivity contribution in [2.24, 2.45) is 5.73 Å². The molecule has 0 bridgehead atoms. The zero-order chi connectivity index (χ0) is 11.4. The molecule has 0 aromatic heterocycles. The SMILES string of the molecule is COCCOc1ccc2c(c1)C(N)CCC2. The molecule has 0 heterocycles. The van der Waals surface area contributed by atoms with E-state index in [1.54, 1.807) is 7.11 Å². The molecule has 0 saturated heterocycles. The molecule has 2 rings (SSSR count). The Morgan fingerprint density at radius 3 is 3.06 bits per heavy atom. The van der Waals surface area contributed by atoms with Crippen LogP contribution in [0.5, 0.6) is 5.75 Å². The van der Waals surface area contributed by atoms with Gasteiger partial charge < -0.3 is 15.2 Å². The highest BCUT2D eigenvalue weighted by atomic mass is 16.5. The van der Waals surface area contributed by atoms with E-state index in [0.29, 0.717) is 13.2 Å². The average molecular weight is 221 g/mol. The van der Waals surface area contributed by atoms with Crippen molar-refractivity contribution in [2.45, 2.75) is 25.3 Å². The minimum Gasteiger partial charge on any atom is -0.491 e. The van der Waals surface area contributed by atoms with Crippen LogP contribution in [-0.2, 0) is 11.2 Å². The molecular weight excluding hydrogens is 202 g/mol. The Labute approximate surface area is 96.5 Å². The van der Waals surface area contributed by atoms with Crippen LogP contribution < -0.4 is 10.5 Å². The van der Waals surface area contributed by atoms with E-state index in [2.05, 4.69) is 12.1 Å². The largest absolute Gasteiger partial charge is 0.491 e. The van der Waals surface area contributed by atoms with Crippen LogP contribution in [0.1, 0.15) is 30.0 Å². The summed E-state index contributed by atoms with van der Waals surface area (Å²) in [6.45, 7) is 1.20. The summed E-state index contributed by atoms with van der Waals surface area (Å²) < 4.78 is 10.5. The Morgan fingerprint density at radius 1 is 1.38 bits per heavy atom. The van der Waals surface area contributed by atoms with Crippen LogP contribution in [0.25, 0.3) is 0 Å². The second-order valence-corrected chi connectivity index (χ2v) is 4.20. The molecule has 3 nitrogen and oxygen atoms in total. The number of methoxy groups -OCH3 is 1. The first-order chi connectivity index (χ1) is 7.81. The molecule has 1 aromatic rings. The zero-order valence-electron chi connectivity index (χ0n) is 9.74. The van der Waals surface area contributed by atoms with Gasteiger partial charge in [0.15, 0.2) is 0 Å². The summed E-state index contributed by atoms with van der Waals surface area (Å²) in [6.07, 6.45) is 3.41. The van der Waals surface area contributed by atoms with E-state index >= 15 is 0 Å². The summed E-state index contributed by atoms with van der Waals surface area (Å²) in [7, 11) is 1.67. The minimum absolute atomic E-state index is 0.176. The van der Waals surface area contributed by atoms with Crippen molar-refractivity contribution in [3.63, 3.8) is 0 Å². The lowest BCUT2D eigenvalue weighted by Gasteiger charge is -2.22. The van der Waals surface area contributed by atoms with Gasteiger partial charge in [-0.15, -0.1) is 0 Å². The fourth-order valence-electron chi connectivity index (χ4n) is 2.15. The zero-order valence-corrected chi connectivity index (χ0v) is 9.74. The summed E-state index contributed by atoms with van der Waals surface area (Å²) >= 11 is 0. The molecule has 0 spiro atoms. The highest BCUT2D eigenvalue weighted by Crippen LogP contribution is 2.30. The quantitative estimate of drug-likeness (QED) is 0.791. The summed E-state index contributed by atoms with van der Waals surface area (Å²) in [4.78, 5) is 0. The molecular formula is C13H19NO2. The number of hydrogen-bond acceptors (Lipinski definition) is 3. The van der Waals surface area contributed by atoms with E-state index in [1.165, 1.54) is 17.5 Å². The number of fused-ring (bicyclic) bond motifs is 1. The van der Waals surface area contributed by atoms with Crippen molar-refractivity contribution in [1.82, 2.24) is 0 Å². The third-order valence-electron chi connectivity index (χ3n) is 3.03. The van der Waals surface area contributed by atoms with E-state index in [0.717, 1.165) is 18.6 Å². The Kier molecular flexibility index (Phi) is 3.80. The van der Waals surface area contributed by atoms with Gasteiger partial charge in [-0.05, 0) is 42.5 Å². The lowest BCUT2D eigenvalue weighted by atomic mass is 9.88. The molecule has 1 aliphatic carbocycles. The molecule has 1 atom stereocenters. The Balaban J connectivity index is 2.08. The summed E-state index contributed by atoms with van der Waals surface area (Å²) in [6, 6.07) is 6.41. The van der Waals surface area contributed by atoms with Crippen LogP contribution >= 0.6 is 0 Å². The predicted molar refractivity (Wildman–Crippen MR) is 63.7 cm³/mol. The average Bonchev–Trinajstić information content (AvgIpc) is 2.30. The van der Waals surface area contributed by atoms with Gasteiger partial charge in [-0.1, -0.05) is 6.07 Å². The lowest BCUT2D eigenvalue weighted by Crippen LogP contribution is -2.17. The van der Waals surface area contributed by atoms with E-state index in [-0.39, 0.29) is 6.04 Å². The van der Waals surface area contributed by atoms with Crippen molar-refractivity contribution in [3.8, 4) is 5.75 Å². The Morgan fingerprint density at radius 2 is 2.25 bits per heavy atom. The summed E-state index contributed by atoms with van der Waals surface area (Å²) in [5.74, 6) is 0.896. The number of hydrogen-bond donors (Lipinski definition) is 1. The summed E-state index contributed by atoms with van der Waals surface area (Å²) in [5.41, 5.74) is 8.71. The van der Waals surface area contributed by atoms with Crippen molar-refractivity contribution in [1.29, 1.82) is 0 Å².